The summed E-state index contributed by atoms with van der Waals surface area (Å²) < 4.78 is 1.95. The molecule has 3 heteroatoms. The number of aliphatic hydroxyl groups is 1. The van der Waals surface area contributed by atoms with Crippen LogP contribution in [0.3, 0.4) is 0 Å². The van der Waals surface area contributed by atoms with Crippen molar-refractivity contribution in [3.63, 3.8) is 0 Å². The van der Waals surface area contributed by atoms with E-state index in [1.807, 2.05) is 23.9 Å². The molecule has 0 spiro atoms. The third-order valence-corrected chi connectivity index (χ3v) is 2.63. The van der Waals surface area contributed by atoms with Crippen LogP contribution >= 0.6 is 0 Å². The average Bonchev–Trinajstić information content (AvgIpc) is 2.42. The predicted molar refractivity (Wildman–Crippen MR) is 59.8 cm³/mol. The molecule has 0 saturated heterocycles. The summed E-state index contributed by atoms with van der Waals surface area (Å²) in [5, 5.41) is 20.3. The molecule has 1 heterocycles. The first-order valence-electron chi connectivity index (χ1n) is 4.90. The highest BCUT2D eigenvalue weighted by Gasteiger charge is 2.21. The molecule has 0 aliphatic heterocycles. The molecule has 0 atom stereocenters. The Hall–Kier alpha value is -1.48. The molecule has 1 aromatic heterocycles. The van der Waals surface area contributed by atoms with Crippen LogP contribution in [0.15, 0.2) is 24.4 Å². The van der Waals surface area contributed by atoms with Crippen LogP contribution in [0.1, 0.15) is 19.4 Å². The van der Waals surface area contributed by atoms with Crippen LogP contribution in [0.25, 0.3) is 10.9 Å². The largest absolute Gasteiger partial charge is 0.508 e. The van der Waals surface area contributed by atoms with E-state index in [9.17, 15) is 10.2 Å². The van der Waals surface area contributed by atoms with Crippen molar-refractivity contribution in [3.8, 4) is 5.75 Å². The Morgan fingerprint density at radius 1 is 1.27 bits per heavy atom. The van der Waals surface area contributed by atoms with E-state index in [2.05, 4.69) is 0 Å². The Labute approximate surface area is 88.6 Å². The van der Waals surface area contributed by atoms with Crippen LogP contribution in [0, 0.1) is 0 Å². The summed E-state index contributed by atoms with van der Waals surface area (Å²) in [5.41, 5.74) is 0.939. The second-order valence-corrected chi connectivity index (χ2v) is 4.41. The molecule has 3 nitrogen and oxygen atoms in total. The number of aryl methyl sites for hydroxylation is 1. The summed E-state index contributed by atoms with van der Waals surface area (Å²) in [4.78, 5) is 0. The molecule has 2 aromatic rings. The number of fused-ring (bicyclic) bond motifs is 1. The van der Waals surface area contributed by atoms with E-state index >= 15 is 0 Å². The van der Waals surface area contributed by atoms with Crippen LogP contribution < -0.4 is 0 Å². The van der Waals surface area contributed by atoms with Crippen molar-refractivity contribution in [2.45, 2.75) is 19.4 Å². The van der Waals surface area contributed by atoms with Crippen molar-refractivity contribution >= 4 is 10.9 Å². The highest BCUT2D eigenvalue weighted by molar-refractivity contribution is 5.86. The Morgan fingerprint density at radius 3 is 2.53 bits per heavy atom. The van der Waals surface area contributed by atoms with Gasteiger partial charge in [-0.1, -0.05) is 0 Å². The van der Waals surface area contributed by atoms with E-state index in [0.717, 1.165) is 16.5 Å². The monoisotopic (exact) mass is 205 g/mol. The van der Waals surface area contributed by atoms with Crippen molar-refractivity contribution < 1.29 is 10.2 Å². The molecule has 0 fully saturated rings. The van der Waals surface area contributed by atoms with E-state index in [4.69, 9.17) is 0 Å². The topological polar surface area (TPSA) is 45.4 Å². The van der Waals surface area contributed by atoms with Gasteiger partial charge in [-0.05, 0) is 32.0 Å². The fourth-order valence-electron chi connectivity index (χ4n) is 1.87. The maximum atomic E-state index is 10.00. The fourth-order valence-corrected chi connectivity index (χ4v) is 1.87. The lowest BCUT2D eigenvalue weighted by Crippen LogP contribution is -2.14. The Kier molecular flexibility index (Phi) is 2.01. The van der Waals surface area contributed by atoms with Crippen molar-refractivity contribution in [3.05, 3.63) is 30.0 Å². The van der Waals surface area contributed by atoms with Crippen LogP contribution in [0.4, 0.5) is 0 Å². The van der Waals surface area contributed by atoms with E-state index in [1.165, 1.54) is 0 Å². The molecule has 0 unspecified atom stereocenters. The quantitative estimate of drug-likeness (QED) is 0.749. The number of phenolic OH excluding ortho intramolecular Hbond substituents is 1. The second kappa shape index (κ2) is 3.00. The van der Waals surface area contributed by atoms with Gasteiger partial charge in [-0.25, -0.2) is 0 Å². The van der Waals surface area contributed by atoms with Crippen molar-refractivity contribution in [2.24, 2.45) is 7.05 Å². The number of nitrogens with zero attached hydrogens (tertiary/aromatic N) is 1. The van der Waals surface area contributed by atoms with Gasteiger partial charge >= 0.3 is 0 Å². The summed E-state index contributed by atoms with van der Waals surface area (Å²) >= 11 is 0. The minimum absolute atomic E-state index is 0.221. The first-order valence-corrected chi connectivity index (χ1v) is 4.90. The summed E-state index contributed by atoms with van der Waals surface area (Å²) in [6.07, 6.45) is 1.89. The van der Waals surface area contributed by atoms with E-state index < -0.39 is 5.60 Å². The lowest BCUT2D eigenvalue weighted by atomic mass is 9.98. The zero-order chi connectivity index (χ0) is 11.2. The summed E-state index contributed by atoms with van der Waals surface area (Å²) in [6.45, 7) is 3.48. The zero-order valence-electron chi connectivity index (χ0n) is 9.15. The van der Waals surface area contributed by atoms with Gasteiger partial charge in [0, 0.05) is 29.7 Å². The molecular formula is C12H15NO2. The number of hydrogen-bond donors (Lipinski definition) is 2. The van der Waals surface area contributed by atoms with E-state index in [-0.39, 0.29) is 5.75 Å². The number of aromatic nitrogens is 1. The molecule has 80 valence electrons. The van der Waals surface area contributed by atoms with E-state index in [1.54, 1.807) is 26.0 Å². The highest BCUT2D eigenvalue weighted by Crippen LogP contribution is 2.31. The molecule has 0 amide bonds. The lowest BCUT2D eigenvalue weighted by molar-refractivity contribution is 0.0800. The van der Waals surface area contributed by atoms with Gasteiger partial charge in [0.1, 0.15) is 5.75 Å². The summed E-state index contributed by atoms with van der Waals surface area (Å²) in [6, 6.07) is 5.18. The van der Waals surface area contributed by atoms with Crippen LogP contribution in [-0.4, -0.2) is 14.8 Å². The molecule has 1 aromatic carbocycles. The second-order valence-electron chi connectivity index (χ2n) is 4.41. The Bertz CT molecular complexity index is 506. The normalized spacial score (nSPS) is 12.3. The number of aromatic hydroxyl groups is 1. The summed E-state index contributed by atoms with van der Waals surface area (Å²) in [5.74, 6) is 0.221. The first-order chi connectivity index (χ1) is 6.89. The molecule has 2 N–H and O–H groups in total. The number of rotatable bonds is 1. The zero-order valence-corrected chi connectivity index (χ0v) is 9.15. The molecule has 0 saturated carbocycles. The Morgan fingerprint density at radius 2 is 1.93 bits per heavy atom. The number of phenols is 1. The van der Waals surface area contributed by atoms with Gasteiger partial charge < -0.3 is 14.8 Å². The van der Waals surface area contributed by atoms with Gasteiger partial charge in [-0.2, -0.15) is 0 Å². The molecule has 0 radical (unpaired) electrons. The van der Waals surface area contributed by atoms with Gasteiger partial charge in [0.15, 0.2) is 0 Å². The fraction of sp³-hybridized carbons (Fsp3) is 0.333. The highest BCUT2D eigenvalue weighted by atomic mass is 16.3. The molecule has 0 bridgehead atoms. The maximum Gasteiger partial charge on any atom is 0.116 e. The van der Waals surface area contributed by atoms with E-state index in [0.29, 0.717) is 0 Å². The molecular weight excluding hydrogens is 190 g/mol. The van der Waals surface area contributed by atoms with Gasteiger partial charge in [0.05, 0.1) is 5.60 Å². The standard InChI is InChI=1S/C12H15NO2/c1-12(2,15)10-7-13(3)11-5-4-8(14)6-9(10)11/h4-7,14-15H,1-3H3. The van der Waals surface area contributed by atoms with Crippen LogP contribution in [0.5, 0.6) is 5.75 Å². The van der Waals surface area contributed by atoms with Gasteiger partial charge in [-0.3, -0.25) is 0 Å². The summed E-state index contributed by atoms with van der Waals surface area (Å²) in [7, 11) is 1.93. The van der Waals surface area contributed by atoms with Crippen molar-refractivity contribution in [1.29, 1.82) is 0 Å². The maximum absolute atomic E-state index is 10.00. The third kappa shape index (κ3) is 1.59. The van der Waals surface area contributed by atoms with Gasteiger partial charge in [0.25, 0.3) is 0 Å². The van der Waals surface area contributed by atoms with Crippen molar-refractivity contribution in [1.82, 2.24) is 4.57 Å². The van der Waals surface area contributed by atoms with Crippen LogP contribution in [-0.2, 0) is 12.6 Å². The van der Waals surface area contributed by atoms with Crippen molar-refractivity contribution in [2.75, 3.05) is 0 Å². The number of benzene rings is 1. The molecule has 0 aliphatic carbocycles. The molecule has 2 rings (SSSR count). The number of hydrogen-bond acceptors (Lipinski definition) is 2. The molecule has 15 heavy (non-hydrogen) atoms. The van der Waals surface area contributed by atoms with Crippen LogP contribution in [0.2, 0.25) is 0 Å². The lowest BCUT2D eigenvalue weighted by Gasteiger charge is -2.16. The minimum atomic E-state index is -0.896. The first kappa shape index (κ1) is 10.1. The Balaban J connectivity index is 2.81. The minimum Gasteiger partial charge on any atom is -0.508 e. The third-order valence-electron chi connectivity index (χ3n) is 2.63. The SMILES string of the molecule is Cn1cc(C(C)(C)O)c2cc(O)ccc21. The smallest absolute Gasteiger partial charge is 0.116 e. The molecule has 0 aliphatic rings. The predicted octanol–water partition coefficient (Wildman–Crippen LogP) is 2.11. The van der Waals surface area contributed by atoms with Gasteiger partial charge in [0.2, 0.25) is 0 Å². The van der Waals surface area contributed by atoms with Gasteiger partial charge in [-0.15, -0.1) is 0 Å². The average molecular weight is 205 g/mol.